The Bertz CT molecular complexity index is 559. The molecule has 0 heterocycles. The number of alkyl halides is 3. The van der Waals surface area contributed by atoms with Gasteiger partial charge in [-0.05, 0) is 38.8 Å². The Labute approximate surface area is 132 Å². The molecule has 128 valence electrons. The van der Waals surface area contributed by atoms with Crippen LogP contribution in [0.5, 0.6) is 5.75 Å². The second-order valence-electron chi connectivity index (χ2n) is 5.90. The molecule has 0 saturated heterocycles. The molecule has 1 aromatic carbocycles. The topological polar surface area (TPSA) is 52.6 Å². The minimum atomic E-state index is -4.85. The first-order chi connectivity index (χ1) is 10.5. The molecule has 0 atom stereocenters. The summed E-state index contributed by atoms with van der Waals surface area (Å²) in [6.45, 7) is 5.17. The molecule has 0 aromatic heterocycles. The second-order valence-corrected chi connectivity index (χ2v) is 5.90. The SMILES string of the molecule is CC(C)(C)OC(=O)CCc1cccc(OC(F)(F)F)c1CC=O. The lowest BCUT2D eigenvalue weighted by Gasteiger charge is -2.20. The van der Waals surface area contributed by atoms with Crippen molar-refractivity contribution in [2.24, 2.45) is 0 Å². The van der Waals surface area contributed by atoms with Crippen molar-refractivity contribution in [3.05, 3.63) is 29.3 Å². The minimum absolute atomic E-state index is 0.00139. The van der Waals surface area contributed by atoms with Crippen molar-refractivity contribution in [3.8, 4) is 5.75 Å². The summed E-state index contributed by atoms with van der Waals surface area (Å²) in [7, 11) is 0. The van der Waals surface area contributed by atoms with Crippen molar-refractivity contribution >= 4 is 12.3 Å². The highest BCUT2D eigenvalue weighted by atomic mass is 19.4. The third-order valence-electron chi connectivity index (χ3n) is 2.76. The van der Waals surface area contributed by atoms with E-state index in [2.05, 4.69) is 4.74 Å². The molecule has 0 aliphatic carbocycles. The summed E-state index contributed by atoms with van der Waals surface area (Å²) < 4.78 is 46.3. The Morgan fingerprint density at radius 3 is 2.39 bits per heavy atom. The molecule has 7 heteroatoms. The van der Waals surface area contributed by atoms with Gasteiger partial charge in [0.05, 0.1) is 0 Å². The molecule has 0 amide bonds. The van der Waals surface area contributed by atoms with Crippen LogP contribution in [0.4, 0.5) is 13.2 Å². The summed E-state index contributed by atoms with van der Waals surface area (Å²) in [4.78, 5) is 22.5. The van der Waals surface area contributed by atoms with Gasteiger partial charge in [0.1, 0.15) is 17.6 Å². The first-order valence-corrected chi connectivity index (χ1v) is 7.04. The molecular formula is C16H19F3O4. The van der Waals surface area contributed by atoms with Crippen molar-refractivity contribution in [3.63, 3.8) is 0 Å². The van der Waals surface area contributed by atoms with E-state index in [0.29, 0.717) is 11.8 Å². The van der Waals surface area contributed by atoms with Crippen LogP contribution in [0.2, 0.25) is 0 Å². The summed E-state index contributed by atoms with van der Waals surface area (Å²) >= 11 is 0. The normalized spacial score (nSPS) is 11.9. The van der Waals surface area contributed by atoms with E-state index >= 15 is 0 Å². The van der Waals surface area contributed by atoms with Crippen molar-refractivity contribution in [2.75, 3.05) is 0 Å². The number of esters is 1. The lowest BCUT2D eigenvalue weighted by Crippen LogP contribution is -2.24. The van der Waals surface area contributed by atoms with Gasteiger partial charge in [-0.25, -0.2) is 0 Å². The number of halogens is 3. The zero-order valence-electron chi connectivity index (χ0n) is 13.2. The van der Waals surface area contributed by atoms with Crippen LogP contribution in [0.25, 0.3) is 0 Å². The average Bonchev–Trinajstić information content (AvgIpc) is 2.35. The standard InChI is InChI=1S/C16H19F3O4/c1-15(2,3)23-14(21)8-7-11-5-4-6-13(12(11)9-10-20)22-16(17,18)19/h4-6,10H,7-9H2,1-3H3. The van der Waals surface area contributed by atoms with Crippen molar-refractivity contribution in [1.82, 2.24) is 0 Å². The molecule has 0 fully saturated rings. The van der Waals surface area contributed by atoms with E-state index in [9.17, 15) is 22.8 Å². The second kappa shape index (κ2) is 7.48. The maximum absolute atomic E-state index is 12.4. The van der Waals surface area contributed by atoms with E-state index in [0.717, 1.165) is 6.07 Å². The third kappa shape index (κ3) is 7.17. The average molecular weight is 332 g/mol. The van der Waals surface area contributed by atoms with Crippen molar-refractivity contribution < 1.29 is 32.2 Å². The van der Waals surface area contributed by atoms with E-state index in [1.54, 1.807) is 26.8 Å². The highest BCUT2D eigenvalue weighted by Gasteiger charge is 2.32. The Kier molecular flexibility index (Phi) is 6.18. The Balaban J connectivity index is 2.91. The Morgan fingerprint density at radius 2 is 1.87 bits per heavy atom. The first kappa shape index (κ1) is 19.0. The highest BCUT2D eigenvalue weighted by Crippen LogP contribution is 2.29. The molecule has 0 bridgehead atoms. The van der Waals surface area contributed by atoms with Gasteiger partial charge in [0.25, 0.3) is 0 Å². The van der Waals surface area contributed by atoms with E-state index in [1.165, 1.54) is 6.07 Å². The highest BCUT2D eigenvalue weighted by molar-refractivity contribution is 5.70. The number of carbonyl (C=O) groups is 2. The fourth-order valence-corrected chi connectivity index (χ4v) is 2.01. The predicted octanol–water partition coefficient (Wildman–Crippen LogP) is 3.60. The molecule has 0 radical (unpaired) electrons. The summed E-state index contributed by atoms with van der Waals surface area (Å²) in [5.41, 5.74) is -0.0580. The monoisotopic (exact) mass is 332 g/mol. The molecule has 0 spiro atoms. The van der Waals surface area contributed by atoms with Crippen LogP contribution in [0.15, 0.2) is 18.2 Å². The molecule has 0 unspecified atom stereocenters. The molecular weight excluding hydrogens is 313 g/mol. The summed E-state index contributed by atoms with van der Waals surface area (Å²) in [6, 6.07) is 4.09. The number of hydrogen-bond acceptors (Lipinski definition) is 4. The zero-order chi connectivity index (χ0) is 17.7. The van der Waals surface area contributed by atoms with E-state index in [4.69, 9.17) is 4.74 Å². The minimum Gasteiger partial charge on any atom is -0.460 e. The van der Waals surface area contributed by atoms with Gasteiger partial charge in [-0.15, -0.1) is 13.2 Å². The van der Waals surface area contributed by atoms with Crippen LogP contribution in [0.1, 0.15) is 38.3 Å². The van der Waals surface area contributed by atoms with E-state index < -0.39 is 23.7 Å². The summed E-state index contributed by atoms with van der Waals surface area (Å²) in [6.07, 6.45) is -4.42. The van der Waals surface area contributed by atoms with Gasteiger partial charge in [0.15, 0.2) is 0 Å². The van der Waals surface area contributed by atoms with Crippen molar-refractivity contribution in [2.45, 2.75) is 52.0 Å². The van der Waals surface area contributed by atoms with E-state index in [1.807, 2.05) is 0 Å². The maximum Gasteiger partial charge on any atom is 0.573 e. The zero-order valence-corrected chi connectivity index (χ0v) is 13.2. The number of rotatable bonds is 6. The largest absolute Gasteiger partial charge is 0.573 e. The number of ether oxygens (including phenoxy) is 2. The van der Waals surface area contributed by atoms with Gasteiger partial charge in [-0.3, -0.25) is 4.79 Å². The molecule has 0 N–H and O–H groups in total. The van der Waals surface area contributed by atoms with Gasteiger partial charge in [0, 0.05) is 18.4 Å². The van der Waals surface area contributed by atoms with Crippen molar-refractivity contribution in [1.29, 1.82) is 0 Å². The van der Waals surface area contributed by atoms with Gasteiger partial charge >= 0.3 is 12.3 Å². The smallest absolute Gasteiger partial charge is 0.460 e. The van der Waals surface area contributed by atoms with Crippen LogP contribution in [-0.4, -0.2) is 24.2 Å². The molecule has 1 aromatic rings. The number of benzene rings is 1. The van der Waals surface area contributed by atoms with Crippen LogP contribution in [0, 0.1) is 0 Å². The van der Waals surface area contributed by atoms with Gasteiger partial charge in [0.2, 0.25) is 0 Å². The molecule has 0 aliphatic rings. The quantitative estimate of drug-likeness (QED) is 0.590. The van der Waals surface area contributed by atoms with Crippen LogP contribution < -0.4 is 4.74 Å². The molecule has 23 heavy (non-hydrogen) atoms. The van der Waals surface area contributed by atoms with Crippen LogP contribution in [0.3, 0.4) is 0 Å². The number of aryl methyl sites for hydroxylation is 1. The molecule has 0 aliphatic heterocycles. The predicted molar refractivity (Wildman–Crippen MR) is 77.1 cm³/mol. The fraction of sp³-hybridized carbons (Fsp3) is 0.500. The van der Waals surface area contributed by atoms with Crippen LogP contribution >= 0.6 is 0 Å². The number of aldehydes is 1. The maximum atomic E-state index is 12.4. The molecule has 4 nitrogen and oxygen atoms in total. The Hall–Kier alpha value is -2.05. The van der Waals surface area contributed by atoms with E-state index in [-0.39, 0.29) is 24.8 Å². The summed E-state index contributed by atoms with van der Waals surface area (Å²) in [5, 5.41) is 0. The summed E-state index contributed by atoms with van der Waals surface area (Å²) in [5.74, 6) is -0.886. The lowest BCUT2D eigenvalue weighted by molar-refractivity contribution is -0.274. The molecule has 1 rings (SSSR count). The van der Waals surface area contributed by atoms with Gasteiger partial charge < -0.3 is 14.3 Å². The first-order valence-electron chi connectivity index (χ1n) is 7.04. The fourth-order valence-electron chi connectivity index (χ4n) is 2.01. The third-order valence-corrected chi connectivity index (χ3v) is 2.76. The molecule has 0 saturated carbocycles. The van der Waals surface area contributed by atoms with Gasteiger partial charge in [-0.1, -0.05) is 12.1 Å². The lowest BCUT2D eigenvalue weighted by atomic mass is 9.99. The number of hydrogen-bond donors (Lipinski definition) is 0. The number of carbonyl (C=O) groups excluding carboxylic acids is 2. The van der Waals surface area contributed by atoms with Gasteiger partial charge in [-0.2, -0.15) is 0 Å². The van der Waals surface area contributed by atoms with Crippen LogP contribution in [-0.2, 0) is 27.2 Å². The Morgan fingerprint density at radius 1 is 1.22 bits per heavy atom.